The normalized spacial score (nSPS) is 13.7. The summed E-state index contributed by atoms with van der Waals surface area (Å²) in [4.78, 5) is 28.3. The summed E-state index contributed by atoms with van der Waals surface area (Å²) in [5, 5.41) is 0. The van der Waals surface area contributed by atoms with E-state index >= 15 is 0 Å². The minimum atomic E-state index is -0.875. The average Bonchev–Trinajstić information content (AvgIpc) is 2.95. The topological polar surface area (TPSA) is 55.8 Å². The van der Waals surface area contributed by atoms with Gasteiger partial charge in [0.05, 0.1) is 29.5 Å². The van der Waals surface area contributed by atoms with Crippen LogP contribution in [0.25, 0.3) is 16.7 Å². The van der Waals surface area contributed by atoms with Gasteiger partial charge in [0.25, 0.3) is 5.91 Å². The summed E-state index contributed by atoms with van der Waals surface area (Å²) in [6.07, 6.45) is 1.88. The van der Waals surface area contributed by atoms with Crippen molar-refractivity contribution in [1.29, 1.82) is 0 Å². The summed E-state index contributed by atoms with van der Waals surface area (Å²) < 4.78 is 54.4. The Hall–Kier alpha value is -4.85. The number of ether oxygens (including phenoxy) is 2. The fourth-order valence-corrected chi connectivity index (χ4v) is 5.50. The Kier molecular flexibility index (Phi) is 7.65. The third kappa shape index (κ3) is 5.16. The molecule has 4 aromatic rings. The number of amides is 1. The van der Waals surface area contributed by atoms with Crippen LogP contribution in [0, 0.1) is 17.5 Å². The molecule has 0 radical (unpaired) electrons. The molecule has 5 nitrogen and oxygen atoms in total. The fourth-order valence-electron chi connectivity index (χ4n) is 5.50. The van der Waals surface area contributed by atoms with Crippen LogP contribution < -0.4 is 9.64 Å². The molecule has 1 aliphatic heterocycles. The zero-order chi connectivity index (χ0) is 30.2. The molecule has 4 aromatic carbocycles. The number of fused-ring (bicyclic) bond motifs is 1. The maximum absolute atomic E-state index is 14.8. The number of carbonyl (C=O) groups is 2. The van der Waals surface area contributed by atoms with Gasteiger partial charge in [-0.05, 0) is 74.4 Å². The van der Waals surface area contributed by atoms with Crippen molar-refractivity contribution < 1.29 is 32.2 Å². The molecule has 42 heavy (non-hydrogen) atoms. The van der Waals surface area contributed by atoms with E-state index in [0.717, 1.165) is 11.6 Å². The lowest BCUT2D eigenvalue weighted by Crippen LogP contribution is -2.49. The summed E-state index contributed by atoms with van der Waals surface area (Å²) in [5.74, 6) is -3.06. The summed E-state index contributed by atoms with van der Waals surface area (Å²) in [6, 6.07) is 18.8. The molecule has 0 unspecified atom stereocenters. The Morgan fingerprint density at radius 2 is 1.45 bits per heavy atom. The van der Waals surface area contributed by atoms with Gasteiger partial charge in [0.1, 0.15) is 29.8 Å². The van der Waals surface area contributed by atoms with Gasteiger partial charge >= 0.3 is 5.97 Å². The van der Waals surface area contributed by atoms with Crippen molar-refractivity contribution >= 4 is 23.1 Å². The van der Waals surface area contributed by atoms with Crippen molar-refractivity contribution in [3.05, 3.63) is 125 Å². The van der Waals surface area contributed by atoms with Crippen molar-refractivity contribution in [2.75, 3.05) is 12.0 Å². The van der Waals surface area contributed by atoms with E-state index in [0.29, 0.717) is 27.9 Å². The number of methoxy groups -OCH3 is 1. The highest BCUT2D eigenvalue weighted by Gasteiger charge is 2.39. The maximum Gasteiger partial charge on any atom is 0.341 e. The van der Waals surface area contributed by atoms with Crippen LogP contribution in [-0.2, 0) is 11.3 Å². The third-order valence-electron chi connectivity index (χ3n) is 7.27. The minimum Gasteiger partial charge on any atom is -0.496 e. The van der Waals surface area contributed by atoms with E-state index in [-0.39, 0.29) is 23.5 Å². The summed E-state index contributed by atoms with van der Waals surface area (Å²) in [7, 11) is 1.41. The number of carbonyl (C=O) groups excluding carboxylic acids is 2. The van der Waals surface area contributed by atoms with Crippen LogP contribution in [0.15, 0.2) is 84.9 Å². The smallest absolute Gasteiger partial charge is 0.341 e. The van der Waals surface area contributed by atoms with E-state index in [4.69, 9.17) is 9.47 Å². The molecular weight excluding hydrogens is 543 g/mol. The number of nitrogens with zero attached hydrogens (tertiary/aromatic N) is 1. The number of hydrogen-bond donors (Lipinski definition) is 0. The first-order valence-corrected chi connectivity index (χ1v) is 13.2. The van der Waals surface area contributed by atoms with Crippen molar-refractivity contribution in [3.63, 3.8) is 0 Å². The van der Waals surface area contributed by atoms with Crippen LogP contribution in [0.3, 0.4) is 0 Å². The minimum absolute atomic E-state index is 0.0960. The van der Waals surface area contributed by atoms with Crippen molar-refractivity contribution in [2.45, 2.75) is 32.9 Å². The highest BCUT2D eigenvalue weighted by atomic mass is 19.1. The monoisotopic (exact) mass is 571 g/mol. The number of hydrogen-bond acceptors (Lipinski definition) is 4. The van der Waals surface area contributed by atoms with Gasteiger partial charge in [0.2, 0.25) is 0 Å². The maximum atomic E-state index is 14.8. The van der Waals surface area contributed by atoms with E-state index in [1.165, 1.54) is 60.5 Å². The van der Waals surface area contributed by atoms with Crippen LogP contribution >= 0.6 is 0 Å². The number of benzene rings is 4. The van der Waals surface area contributed by atoms with Gasteiger partial charge < -0.3 is 9.47 Å². The molecule has 214 valence electrons. The summed E-state index contributed by atoms with van der Waals surface area (Å²) in [5.41, 5.74) is 2.19. The molecule has 1 amide bonds. The van der Waals surface area contributed by atoms with Crippen LogP contribution in [-0.4, -0.2) is 24.5 Å². The van der Waals surface area contributed by atoms with Gasteiger partial charge in [0, 0.05) is 22.8 Å². The van der Waals surface area contributed by atoms with Gasteiger partial charge in [-0.1, -0.05) is 36.4 Å². The second-order valence-corrected chi connectivity index (χ2v) is 10.5. The van der Waals surface area contributed by atoms with E-state index in [9.17, 15) is 22.8 Å². The first kappa shape index (κ1) is 28.7. The Labute approximate surface area is 241 Å². The quantitative estimate of drug-likeness (QED) is 0.220. The number of halogens is 3. The van der Waals surface area contributed by atoms with Crippen molar-refractivity contribution in [2.24, 2.45) is 0 Å². The summed E-state index contributed by atoms with van der Waals surface area (Å²) >= 11 is 0. The molecule has 0 fully saturated rings. The second-order valence-electron chi connectivity index (χ2n) is 10.5. The predicted octanol–water partition coefficient (Wildman–Crippen LogP) is 7.98. The number of anilines is 1. The first-order chi connectivity index (χ1) is 20.0. The van der Waals surface area contributed by atoms with Gasteiger partial charge in [0.15, 0.2) is 0 Å². The Morgan fingerprint density at radius 1 is 0.833 bits per heavy atom. The molecule has 1 heterocycles. The zero-order valence-corrected chi connectivity index (χ0v) is 23.5. The third-order valence-corrected chi connectivity index (χ3v) is 7.27. The molecule has 8 heteroatoms. The predicted molar refractivity (Wildman–Crippen MR) is 155 cm³/mol. The van der Waals surface area contributed by atoms with Crippen molar-refractivity contribution in [1.82, 2.24) is 0 Å². The van der Waals surface area contributed by atoms with E-state index < -0.39 is 34.9 Å². The molecule has 5 rings (SSSR count). The molecule has 0 atom stereocenters. The Morgan fingerprint density at radius 3 is 2.10 bits per heavy atom. The standard InChI is InChI=1S/C34H28F3NO4/c1-20-18-34(2,3)38(32(39)24-9-5-7-11-27(24)36)29-16-15-22(23-14-13-21(35)17-30(23)41-4)26(31(20)29)19-42-33(40)25-10-6-8-12-28(25)37/h5-18H,19H2,1-4H3. The molecular formula is C34H28F3NO4. The highest BCUT2D eigenvalue weighted by molar-refractivity contribution is 6.10. The van der Waals surface area contributed by atoms with Crippen molar-refractivity contribution in [3.8, 4) is 16.9 Å². The molecule has 0 bridgehead atoms. The van der Waals surface area contributed by atoms with Crippen LogP contribution in [0.5, 0.6) is 5.75 Å². The number of allylic oxidation sites excluding steroid dienone is 1. The molecule has 0 saturated heterocycles. The zero-order valence-electron chi connectivity index (χ0n) is 23.5. The molecule has 0 spiro atoms. The number of rotatable bonds is 6. The second kappa shape index (κ2) is 11.2. The first-order valence-electron chi connectivity index (χ1n) is 13.2. The van der Waals surface area contributed by atoms with Gasteiger partial charge in [-0.2, -0.15) is 0 Å². The lowest BCUT2D eigenvalue weighted by Gasteiger charge is -2.42. The Balaban J connectivity index is 1.71. The number of esters is 1. The molecule has 0 aromatic heterocycles. The molecule has 0 N–H and O–H groups in total. The average molecular weight is 572 g/mol. The summed E-state index contributed by atoms with van der Waals surface area (Å²) in [6.45, 7) is 5.23. The van der Waals surface area contributed by atoms with Gasteiger partial charge in [-0.25, -0.2) is 18.0 Å². The van der Waals surface area contributed by atoms with E-state index in [1.807, 2.05) is 26.8 Å². The molecule has 1 aliphatic rings. The SMILES string of the molecule is COc1cc(F)ccc1-c1ccc2c(c1COC(=O)c1ccccc1F)C(C)=CC(C)(C)N2C(=O)c1ccccc1F. The van der Waals surface area contributed by atoms with Gasteiger partial charge in [-0.3, -0.25) is 9.69 Å². The fraction of sp³-hybridized carbons (Fsp3) is 0.176. The molecule has 0 saturated carbocycles. The lowest BCUT2D eigenvalue weighted by molar-refractivity contribution is 0.0467. The lowest BCUT2D eigenvalue weighted by atomic mass is 9.83. The van der Waals surface area contributed by atoms with Crippen LogP contribution in [0.1, 0.15) is 52.6 Å². The Bertz CT molecular complexity index is 1750. The van der Waals surface area contributed by atoms with E-state index in [2.05, 4.69) is 0 Å². The highest BCUT2D eigenvalue weighted by Crippen LogP contribution is 2.46. The van der Waals surface area contributed by atoms with Crippen LogP contribution in [0.4, 0.5) is 18.9 Å². The van der Waals surface area contributed by atoms with Crippen LogP contribution in [0.2, 0.25) is 0 Å². The van der Waals surface area contributed by atoms with E-state index in [1.54, 1.807) is 24.3 Å². The van der Waals surface area contributed by atoms with Gasteiger partial charge in [-0.15, -0.1) is 0 Å². The molecule has 0 aliphatic carbocycles. The largest absolute Gasteiger partial charge is 0.496 e.